The fourth-order valence-electron chi connectivity index (χ4n) is 2.01. The van der Waals surface area contributed by atoms with Gasteiger partial charge in [0.1, 0.15) is 0 Å². The first-order chi connectivity index (χ1) is 6.40. The van der Waals surface area contributed by atoms with Crippen LogP contribution in [0.5, 0.6) is 0 Å². The molecule has 2 nitrogen and oxygen atoms in total. The summed E-state index contributed by atoms with van der Waals surface area (Å²) in [5.74, 6) is 0. The summed E-state index contributed by atoms with van der Waals surface area (Å²) in [6.45, 7) is -0.936. The van der Waals surface area contributed by atoms with Gasteiger partial charge in [0.05, 0.1) is 12.6 Å². The molecule has 0 aromatic carbocycles. The highest BCUT2D eigenvalue weighted by Gasteiger charge is 2.35. The van der Waals surface area contributed by atoms with Gasteiger partial charge in [-0.1, -0.05) is 12.8 Å². The topological polar surface area (TPSA) is 23.5 Å². The number of nitrogens with zero attached hydrogens (tertiary/aromatic N) is 1. The maximum Gasteiger partial charge on any atom is 0.401 e. The summed E-state index contributed by atoms with van der Waals surface area (Å²) in [5, 5.41) is 9.53. The molecular weight excluding hydrogens is 195 g/mol. The van der Waals surface area contributed by atoms with Gasteiger partial charge in [-0.25, -0.2) is 0 Å². The molecule has 5 heteroatoms. The molecule has 0 radical (unpaired) electrons. The van der Waals surface area contributed by atoms with Crippen molar-refractivity contribution in [3.8, 4) is 0 Å². The Labute approximate surface area is 81.7 Å². The fourth-order valence-corrected chi connectivity index (χ4v) is 2.01. The minimum atomic E-state index is -4.17. The second-order valence-corrected chi connectivity index (χ2v) is 3.95. The standard InChI is InChI=1S/C9H16F3NO/c1-13(6-9(10,11)12)7-4-2-3-5-8(7)14/h7-8,14H,2-6H2,1H3/t7-,8-/m0/s1. The van der Waals surface area contributed by atoms with Crippen molar-refractivity contribution >= 4 is 0 Å². The van der Waals surface area contributed by atoms with E-state index in [-0.39, 0.29) is 6.04 Å². The average molecular weight is 211 g/mol. The summed E-state index contributed by atoms with van der Waals surface area (Å²) in [7, 11) is 1.42. The van der Waals surface area contributed by atoms with E-state index in [0.717, 1.165) is 12.8 Å². The normalized spacial score (nSPS) is 29.6. The largest absolute Gasteiger partial charge is 0.401 e. The third-order valence-electron chi connectivity index (χ3n) is 2.69. The van der Waals surface area contributed by atoms with Gasteiger partial charge in [0, 0.05) is 6.04 Å². The van der Waals surface area contributed by atoms with Crippen molar-refractivity contribution in [2.45, 2.75) is 44.0 Å². The van der Waals surface area contributed by atoms with Gasteiger partial charge in [-0.05, 0) is 19.9 Å². The maximum atomic E-state index is 12.1. The zero-order valence-corrected chi connectivity index (χ0v) is 8.22. The van der Waals surface area contributed by atoms with Crippen molar-refractivity contribution in [3.63, 3.8) is 0 Å². The van der Waals surface area contributed by atoms with Crippen LogP contribution >= 0.6 is 0 Å². The predicted octanol–water partition coefficient (Wildman–Crippen LogP) is 1.78. The van der Waals surface area contributed by atoms with Gasteiger partial charge < -0.3 is 5.11 Å². The highest BCUT2D eigenvalue weighted by atomic mass is 19.4. The Hall–Kier alpha value is -0.290. The maximum absolute atomic E-state index is 12.1. The van der Waals surface area contributed by atoms with E-state index >= 15 is 0 Å². The van der Waals surface area contributed by atoms with Crippen LogP contribution in [-0.2, 0) is 0 Å². The van der Waals surface area contributed by atoms with Gasteiger partial charge >= 0.3 is 6.18 Å². The van der Waals surface area contributed by atoms with Crippen LogP contribution in [0.3, 0.4) is 0 Å². The summed E-state index contributed by atoms with van der Waals surface area (Å²) in [5.41, 5.74) is 0. The van der Waals surface area contributed by atoms with Crippen molar-refractivity contribution in [1.82, 2.24) is 4.90 Å². The molecule has 0 aromatic heterocycles. The van der Waals surface area contributed by atoms with Crippen LogP contribution in [0.15, 0.2) is 0 Å². The van der Waals surface area contributed by atoms with Crippen LogP contribution in [0.4, 0.5) is 13.2 Å². The lowest BCUT2D eigenvalue weighted by atomic mass is 9.91. The molecule has 0 saturated heterocycles. The predicted molar refractivity (Wildman–Crippen MR) is 46.9 cm³/mol. The van der Waals surface area contributed by atoms with E-state index in [2.05, 4.69) is 0 Å². The molecule has 1 fully saturated rings. The Kier molecular flexibility index (Phi) is 3.78. The lowest BCUT2D eigenvalue weighted by Crippen LogP contribution is -2.46. The number of rotatable bonds is 2. The summed E-state index contributed by atoms with van der Waals surface area (Å²) in [6, 6.07) is -0.328. The van der Waals surface area contributed by atoms with Crippen LogP contribution in [0.25, 0.3) is 0 Å². The Bertz CT molecular complexity index is 183. The molecular formula is C9H16F3NO. The molecule has 2 atom stereocenters. The first-order valence-corrected chi connectivity index (χ1v) is 4.85. The molecule has 14 heavy (non-hydrogen) atoms. The van der Waals surface area contributed by atoms with E-state index < -0.39 is 18.8 Å². The summed E-state index contributed by atoms with van der Waals surface area (Å²) >= 11 is 0. The molecule has 1 aliphatic rings. The summed E-state index contributed by atoms with van der Waals surface area (Å²) in [6.07, 6.45) is -1.68. The number of aliphatic hydroxyl groups excluding tert-OH is 1. The smallest absolute Gasteiger partial charge is 0.391 e. The molecule has 84 valence electrons. The molecule has 0 spiro atoms. The monoisotopic (exact) mass is 211 g/mol. The number of likely N-dealkylation sites (N-methyl/N-ethyl adjacent to an activating group) is 1. The fraction of sp³-hybridized carbons (Fsp3) is 1.00. The number of hydrogen-bond donors (Lipinski definition) is 1. The van der Waals surface area contributed by atoms with E-state index in [1.54, 1.807) is 0 Å². The highest BCUT2D eigenvalue weighted by Crippen LogP contribution is 2.25. The first kappa shape index (κ1) is 11.8. The number of alkyl halides is 3. The highest BCUT2D eigenvalue weighted by molar-refractivity contribution is 4.82. The van der Waals surface area contributed by atoms with Crippen LogP contribution < -0.4 is 0 Å². The molecule has 1 saturated carbocycles. The zero-order valence-electron chi connectivity index (χ0n) is 8.22. The number of hydrogen-bond acceptors (Lipinski definition) is 2. The van der Waals surface area contributed by atoms with Gasteiger partial charge in [-0.2, -0.15) is 13.2 Å². The molecule has 0 bridgehead atoms. The molecule has 1 rings (SSSR count). The Morgan fingerprint density at radius 3 is 2.36 bits per heavy atom. The Balaban J connectivity index is 2.46. The first-order valence-electron chi connectivity index (χ1n) is 4.85. The molecule has 0 aromatic rings. The number of aliphatic hydroxyl groups is 1. The minimum absolute atomic E-state index is 0.328. The third kappa shape index (κ3) is 3.46. The Morgan fingerprint density at radius 1 is 1.29 bits per heavy atom. The van der Waals surface area contributed by atoms with E-state index in [1.165, 1.54) is 11.9 Å². The van der Waals surface area contributed by atoms with Crippen LogP contribution in [0.2, 0.25) is 0 Å². The second-order valence-electron chi connectivity index (χ2n) is 3.95. The molecule has 0 amide bonds. The minimum Gasteiger partial charge on any atom is -0.391 e. The van der Waals surface area contributed by atoms with Crippen LogP contribution in [-0.4, -0.2) is 41.9 Å². The third-order valence-corrected chi connectivity index (χ3v) is 2.69. The van der Waals surface area contributed by atoms with E-state index in [0.29, 0.717) is 12.8 Å². The van der Waals surface area contributed by atoms with E-state index in [9.17, 15) is 18.3 Å². The molecule has 1 aliphatic carbocycles. The van der Waals surface area contributed by atoms with E-state index in [4.69, 9.17) is 0 Å². The van der Waals surface area contributed by atoms with Crippen LogP contribution in [0.1, 0.15) is 25.7 Å². The van der Waals surface area contributed by atoms with Gasteiger partial charge in [0.2, 0.25) is 0 Å². The van der Waals surface area contributed by atoms with Gasteiger partial charge in [0.25, 0.3) is 0 Å². The van der Waals surface area contributed by atoms with Crippen molar-refractivity contribution in [3.05, 3.63) is 0 Å². The van der Waals surface area contributed by atoms with Crippen molar-refractivity contribution in [2.75, 3.05) is 13.6 Å². The quantitative estimate of drug-likeness (QED) is 0.752. The SMILES string of the molecule is CN(CC(F)(F)F)[C@H]1CCCC[C@@H]1O. The van der Waals surface area contributed by atoms with Crippen molar-refractivity contribution in [2.24, 2.45) is 0 Å². The molecule has 0 aliphatic heterocycles. The second kappa shape index (κ2) is 4.49. The lowest BCUT2D eigenvalue weighted by Gasteiger charge is -2.35. The average Bonchev–Trinajstić information content (AvgIpc) is 2.01. The summed E-state index contributed by atoms with van der Waals surface area (Å²) < 4.78 is 36.2. The molecule has 0 heterocycles. The Morgan fingerprint density at radius 2 is 1.86 bits per heavy atom. The van der Waals surface area contributed by atoms with Gasteiger partial charge in [-0.3, -0.25) is 4.90 Å². The lowest BCUT2D eigenvalue weighted by molar-refractivity contribution is -0.153. The molecule has 0 unspecified atom stereocenters. The van der Waals surface area contributed by atoms with Crippen molar-refractivity contribution in [1.29, 1.82) is 0 Å². The summed E-state index contributed by atoms with van der Waals surface area (Å²) in [4.78, 5) is 1.21. The van der Waals surface area contributed by atoms with Crippen molar-refractivity contribution < 1.29 is 18.3 Å². The van der Waals surface area contributed by atoms with E-state index in [1.807, 2.05) is 0 Å². The van der Waals surface area contributed by atoms with Gasteiger partial charge in [0.15, 0.2) is 0 Å². The number of halogens is 3. The zero-order chi connectivity index (χ0) is 10.8. The molecule has 1 N–H and O–H groups in total. The van der Waals surface area contributed by atoms with Gasteiger partial charge in [-0.15, -0.1) is 0 Å². The van der Waals surface area contributed by atoms with Crippen LogP contribution in [0, 0.1) is 0 Å².